The van der Waals surface area contributed by atoms with Gasteiger partial charge in [0.2, 0.25) is 0 Å². The predicted octanol–water partition coefficient (Wildman–Crippen LogP) is 5.33. The van der Waals surface area contributed by atoms with Gasteiger partial charge in [0, 0.05) is 0 Å². The van der Waals surface area contributed by atoms with E-state index in [9.17, 15) is 37.8 Å². The van der Waals surface area contributed by atoms with Crippen LogP contribution in [-0.4, -0.2) is 26.4 Å². The SMILES string of the molecule is CCCCCCO[PH](=O)[O-].CCCCCCO[PH](=O)[O-].CCCCCCO[PH](=O)[O-].CCCCCCO[PH](=O)[O-].[Mo+4]. The summed E-state index contributed by atoms with van der Waals surface area (Å²) in [5.74, 6) is 0. The van der Waals surface area contributed by atoms with Gasteiger partial charge in [-0.1, -0.05) is 105 Å². The molecule has 0 aromatic heterocycles. The van der Waals surface area contributed by atoms with Crippen LogP contribution in [0.5, 0.6) is 0 Å². The first-order valence-corrected chi connectivity index (χ1v) is 19.3. The molecule has 250 valence electrons. The standard InChI is InChI=1S/4C6H15O3P.Mo/c4*1-2-3-4-5-6-9-10(7)8;/h4*10H,2-6H2,1H3,(H,7,8);/q;;;;+4/p-4. The van der Waals surface area contributed by atoms with Crippen LogP contribution in [0.2, 0.25) is 0 Å². The zero-order chi connectivity index (χ0) is 31.3. The van der Waals surface area contributed by atoms with Gasteiger partial charge < -0.3 is 55.9 Å². The quantitative estimate of drug-likeness (QED) is 0.0698. The molecule has 0 spiro atoms. The molecule has 0 bridgehead atoms. The van der Waals surface area contributed by atoms with E-state index in [1.807, 2.05) is 0 Å². The number of hydrogen-bond donors (Lipinski definition) is 0. The van der Waals surface area contributed by atoms with Crippen LogP contribution in [0.25, 0.3) is 0 Å². The van der Waals surface area contributed by atoms with E-state index in [1.165, 1.54) is 0 Å². The summed E-state index contributed by atoms with van der Waals surface area (Å²) in [7, 11) is -11.7. The van der Waals surface area contributed by atoms with Gasteiger partial charge in [-0.2, -0.15) is 0 Å². The summed E-state index contributed by atoms with van der Waals surface area (Å²) in [4.78, 5) is 39.5. The molecule has 4 unspecified atom stereocenters. The Morgan fingerprint density at radius 3 is 0.659 bits per heavy atom. The topological polar surface area (TPSA) is 197 Å². The predicted molar refractivity (Wildman–Crippen MR) is 156 cm³/mol. The van der Waals surface area contributed by atoms with Gasteiger partial charge in [-0.15, -0.1) is 0 Å². The van der Waals surface area contributed by atoms with Crippen LogP contribution in [0.15, 0.2) is 0 Å². The van der Waals surface area contributed by atoms with E-state index < -0.39 is 33.0 Å². The van der Waals surface area contributed by atoms with E-state index in [2.05, 4.69) is 45.8 Å². The van der Waals surface area contributed by atoms with Crippen molar-refractivity contribution < 1.29 is 77.0 Å². The van der Waals surface area contributed by atoms with Gasteiger partial charge in [-0.05, 0) is 25.7 Å². The largest absolute Gasteiger partial charge is 4.00 e. The van der Waals surface area contributed by atoms with E-state index in [0.29, 0.717) is 26.4 Å². The summed E-state index contributed by atoms with van der Waals surface area (Å²) in [5, 5.41) is 0. The molecule has 0 rings (SSSR count). The number of hydrogen-bond acceptors (Lipinski definition) is 12. The first-order chi connectivity index (χ1) is 19.1. The van der Waals surface area contributed by atoms with Crippen molar-refractivity contribution in [2.75, 3.05) is 26.4 Å². The summed E-state index contributed by atoms with van der Waals surface area (Å²) in [5.41, 5.74) is 0. The molecule has 0 aliphatic heterocycles. The average molecular weight is 757 g/mol. The van der Waals surface area contributed by atoms with Crippen molar-refractivity contribution in [3.8, 4) is 0 Å². The molecule has 0 N–H and O–H groups in total. The Balaban J connectivity index is -0.000000139. The second kappa shape index (κ2) is 48.2. The third kappa shape index (κ3) is 74.3. The summed E-state index contributed by atoms with van der Waals surface area (Å²) < 4.78 is 57.1. The number of unbranched alkanes of at least 4 members (excludes halogenated alkanes) is 12. The maximum atomic E-state index is 9.88. The van der Waals surface area contributed by atoms with Crippen molar-refractivity contribution >= 4 is 33.0 Å². The third-order valence-corrected chi connectivity index (χ3v) is 6.63. The van der Waals surface area contributed by atoms with E-state index in [-0.39, 0.29) is 21.1 Å². The van der Waals surface area contributed by atoms with Crippen molar-refractivity contribution in [3.63, 3.8) is 0 Å². The fourth-order valence-corrected chi connectivity index (χ4v) is 3.98. The Bertz CT molecular complexity index is 483. The molecule has 0 aliphatic carbocycles. The molecule has 12 nitrogen and oxygen atoms in total. The minimum Gasteiger partial charge on any atom is -0.781 e. The summed E-state index contributed by atoms with van der Waals surface area (Å²) in [6.07, 6.45) is 16.9. The molecule has 41 heavy (non-hydrogen) atoms. The maximum absolute atomic E-state index is 9.88. The second-order valence-corrected chi connectivity index (χ2v) is 11.8. The molecule has 17 heteroatoms. The average Bonchev–Trinajstić information content (AvgIpc) is 2.89. The van der Waals surface area contributed by atoms with Crippen molar-refractivity contribution in [1.82, 2.24) is 0 Å². The molecule has 0 aliphatic rings. The zero-order valence-electron chi connectivity index (χ0n) is 25.4. The monoisotopic (exact) mass is 758 g/mol. The van der Waals surface area contributed by atoms with Gasteiger partial charge >= 0.3 is 21.1 Å². The smallest absolute Gasteiger partial charge is 0.781 e. The second-order valence-electron chi connectivity index (χ2n) is 8.64. The van der Waals surface area contributed by atoms with E-state index >= 15 is 0 Å². The number of rotatable bonds is 24. The van der Waals surface area contributed by atoms with Crippen LogP contribution >= 0.6 is 33.0 Å². The first kappa shape index (κ1) is 51.8. The van der Waals surface area contributed by atoms with Gasteiger partial charge in [0.25, 0.3) is 0 Å². The van der Waals surface area contributed by atoms with Crippen LogP contribution in [0, 0.1) is 0 Å². The van der Waals surface area contributed by atoms with Gasteiger partial charge in [-0.25, -0.2) is 0 Å². The summed E-state index contributed by atoms with van der Waals surface area (Å²) >= 11 is 0. The molecule has 0 saturated heterocycles. The van der Waals surface area contributed by atoms with Crippen LogP contribution in [-0.2, 0) is 57.4 Å². The summed E-state index contributed by atoms with van der Waals surface area (Å²) in [6, 6.07) is 0. The minimum absolute atomic E-state index is 0. The molecule has 0 amide bonds. The Morgan fingerprint density at radius 1 is 0.366 bits per heavy atom. The van der Waals surface area contributed by atoms with Crippen LogP contribution in [0.3, 0.4) is 0 Å². The molecule has 0 aromatic rings. The van der Waals surface area contributed by atoms with Crippen molar-refractivity contribution in [2.24, 2.45) is 0 Å². The zero-order valence-corrected chi connectivity index (χ0v) is 31.5. The molecule has 0 fully saturated rings. The van der Waals surface area contributed by atoms with Gasteiger partial charge in [0.1, 0.15) is 33.0 Å². The minimum atomic E-state index is -2.92. The van der Waals surface area contributed by atoms with Gasteiger partial charge in [-0.3, -0.25) is 0 Å². The molecular formula is C24H56MoO12P4. The fraction of sp³-hybridized carbons (Fsp3) is 1.00. The Labute approximate surface area is 266 Å². The van der Waals surface area contributed by atoms with Crippen molar-refractivity contribution in [3.05, 3.63) is 0 Å². The first-order valence-electron chi connectivity index (χ1n) is 14.4. The Hall–Kier alpha value is 1.29. The molecule has 4 atom stereocenters. The van der Waals surface area contributed by atoms with E-state index in [4.69, 9.17) is 0 Å². The Morgan fingerprint density at radius 2 is 0.537 bits per heavy atom. The molecule has 0 saturated carbocycles. The fourth-order valence-electron chi connectivity index (χ4n) is 2.74. The molecular weight excluding hydrogens is 700 g/mol. The van der Waals surface area contributed by atoms with Crippen LogP contribution in [0.1, 0.15) is 130 Å². The van der Waals surface area contributed by atoms with Crippen LogP contribution < -0.4 is 19.6 Å². The van der Waals surface area contributed by atoms with Gasteiger partial charge in [0.05, 0.1) is 26.4 Å². The maximum Gasteiger partial charge on any atom is 4.00 e. The van der Waals surface area contributed by atoms with E-state index in [0.717, 1.165) is 103 Å². The Kier molecular flexibility index (Phi) is 61.0. The summed E-state index contributed by atoms with van der Waals surface area (Å²) in [6.45, 7) is 9.88. The van der Waals surface area contributed by atoms with Crippen LogP contribution in [0.4, 0.5) is 0 Å². The third-order valence-electron chi connectivity index (χ3n) is 4.87. The molecule has 0 radical (unpaired) electrons. The van der Waals surface area contributed by atoms with Gasteiger partial charge in [0.15, 0.2) is 0 Å². The molecule has 0 aromatic carbocycles. The van der Waals surface area contributed by atoms with Crippen molar-refractivity contribution in [2.45, 2.75) is 130 Å². The van der Waals surface area contributed by atoms with Crippen molar-refractivity contribution in [1.29, 1.82) is 0 Å². The molecule has 0 heterocycles. The normalized spacial score (nSPS) is 13.1. The van der Waals surface area contributed by atoms with E-state index in [1.54, 1.807) is 0 Å².